The Balaban J connectivity index is 2.95. The molecule has 0 saturated carbocycles. The van der Waals surface area contributed by atoms with Crippen LogP contribution in [0.5, 0.6) is 5.75 Å². The van der Waals surface area contributed by atoms with Gasteiger partial charge < -0.3 is 15.6 Å². The Morgan fingerprint density at radius 2 is 2.11 bits per heavy atom. The van der Waals surface area contributed by atoms with Crippen LogP contribution in [0.15, 0.2) is 18.2 Å². The van der Waals surface area contributed by atoms with Crippen molar-refractivity contribution in [3.63, 3.8) is 0 Å². The van der Waals surface area contributed by atoms with E-state index in [9.17, 15) is 4.79 Å². The maximum Gasteiger partial charge on any atom is 0.320 e. The summed E-state index contributed by atoms with van der Waals surface area (Å²) in [6.45, 7) is 0.170. The monoisotopic (exact) mass is 257 g/mol. The molecule has 1 aromatic rings. The molecule has 0 saturated heterocycles. The number of hydrogen-bond donors (Lipinski definition) is 2. The summed E-state index contributed by atoms with van der Waals surface area (Å²) in [5, 5.41) is 8.82. The molecule has 0 radical (unpaired) electrons. The summed E-state index contributed by atoms with van der Waals surface area (Å²) in [6.07, 6.45) is 11.0. The van der Waals surface area contributed by atoms with E-state index in [1.165, 1.54) is 0 Å². The van der Waals surface area contributed by atoms with Crippen LogP contribution in [0.1, 0.15) is 11.1 Å². The molecule has 0 spiro atoms. The Hall–Kier alpha value is -2.43. The fourth-order valence-corrected chi connectivity index (χ4v) is 1.61. The molecule has 1 aromatic carbocycles. The van der Waals surface area contributed by atoms with Gasteiger partial charge in [-0.05, 0) is 29.7 Å². The van der Waals surface area contributed by atoms with Gasteiger partial charge in [0.15, 0.2) is 0 Å². The van der Waals surface area contributed by atoms with E-state index in [0.29, 0.717) is 12.2 Å². The highest BCUT2D eigenvalue weighted by atomic mass is 16.5. The van der Waals surface area contributed by atoms with Gasteiger partial charge >= 0.3 is 5.97 Å². The van der Waals surface area contributed by atoms with Crippen LogP contribution in [-0.2, 0) is 17.6 Å². The van der Waals surface area contributed by atoms with Gasteiger partial charge in [0.1, 0.15) is 18.4 Å². The quantitative estimate of drug-likeness (QED) is 0.740. The summed E-state index contributed by atoms with van der Waals surface area (Å²) in [5.74, 6) is 4.46. The highest BCUT2D eigenvalue weighted by molar-refractivity contribution is 5.73. The van der Waals surface area contributed by atoms with Crippen molar-refractivity contribution in [1.29, 1.82) is 0 Å². The van der Waals surface area contributed by atoms with Gasteiger partial charge in [-0.2, -0.15) is 0 Å². The standard InChI is InChI=1S/C15H15NO3/c1-3-5-11-9-13(19-8-4-2)7-6-12(11)10-14(16)15(17)18/h1-2,6-7,9,14H,5,8,10,16H2,(H,17,18)/t14-/m0/s1. The molecule has 98 valence electrons. The molecule has 19 heavy (non-hydrogen) atoms. The van der Waals surface area contributed by atoms with E-state index in [2.05, 4.69) is 11.8 Å². The largest absolute Gasteiger partial charge is 0.481 e. The number of ether oxygens (including phenoxy) is 1. The summed E-state index contributed by atoms with van der Waals surface area (Å²) < 4.78 is 5.30. The number of terminal acetylenes is 2. The van der Waals surface area contributed by atoms with Crippen LogP contribution in [0, 0.1) is 24.7 Å². The Bertz CT molecular complexity index is 537. The molecule has 0 amide bonds. The zero-order chi connectivity index (χ0) is 14.3. The molecule has 4 heteroatoms. The summed E-state index contributed by atoms with van der Waals surface area (Å²) in [5.41, 5.74) is 7.16. The predicted octanol–water partition coefficient (Wildman–Crippen LogP) is 0.829. The fourth-order valence-electron chi connectivity index (χ4n) is 1.61. The van der Waals surface area contributed by atoms with E-state index >= 15 is 0 Å². The molecular formula is C15H15NO3. The third-order valence-corrected chi connectivity index (χ3v) is 2.55. The minimum absolute atomic E-state index is 0.170. The van der Waals surface area contributed by atoms with Crippen molar-refractivity contribution in [1.82, 2.24) is 0 Å². The van der Waals surface area contributed by atoms with Crippen molar-refractivity contribution >= 4 is 5.97 Å². The number of hydrogen-bond acceptors (Lipinski definition) is 3. The second-order valence-electron chi connectivity index (χ2n) is 3.95. The topological polar surface area (TPSA) is 72.5 Å². The third-order valence-electron chi connectivity index (χ3n) is 2.55. The van der Waals surface area contributed by atoms with E-state index in [0.717, 1.165) is 11.1 Å². The number of aliphatic carboxylic acids is 1. The molecule has 4 nitrogen and oxygen atoms in total. The van der Waals surface area contributed by atoms with Gasteiger partial charge in [0, 0.05) is 6.42 Å². The molecule has 0 unspecified atom stereocenters. The van der Waals surface area contributed by atoms with Gasteiger partial charge in [-0.25, -0.2) is 0 Å². The molecule has 0 bridgehead atoms. The first-order chi connectivity index (χ1) is 9.08. The van der Waals surface area contributed by atoms with Crippen molar-refractivity contribution in [3.8, 4) is 30.4 Å². The SMILES string of the molecule is C#CCOc1ccc(C[C@H](N)C(=O)O)c(CC#C)c1. The summed E-state index contributed by atoms with van der Waals surface area (Å²) >= 11 is 0. The zero-order valence-electron chi connectivity index (χ0n) is 10.4. The summed E-state index contributed by atoms with van der Waals surface area (Å²) in [7, 11) is 0. The molecule has 0 aromatic heterocycles. The minimum atomic E-state index is -1.04. The van der Waals surface area contributed by atoms with Gasteiger partial charge in [0.05, 0.1) is 0 Å². The Morgan fingerprint density at radius 3 is 2.68 bits per heavy atom. The summed E-state index contributed by atoms with van der Waals surface area (Å²) in [4.78, 5) is 10.8. The Kier molecular flexibility index (Phi) is 5.47. The van der Waals surface area contributed by atoms with Crippen molar-refractivity contribution < 1.29 is 14.6 Å². The maximum atomic E-state index is 10.8. The van der Waals surface area contributed by atoms with E-state index in [1.54, 1.807) is 18.2 Å². The molecular weight excluding hydrogens is 242 g/mol. The van der Waals surface area contributed by atoms with Crippen molar-refractivity contribution in [2.24, 2.45) is 5.73 Å². The number of carboxylic acid groups (broad SMARTS) is 1. The lowest BCUT2D eigenvalue weighted by molar-refractivity contribution is -0.138. The van der Waals surface area contributed by atoms with Gasteiger partial charge in [0.25, 0.3) is 0 Å². The second-order valence-corrected chi connectivity index (χ2v) is 3.95. The lowest BCUT2D eigenvalue weighted by Gasteiger charge is -2.12. The van der Waals surface area contributed by atoms with E-state index in [1.807, 2.05) is 0 Å². The van der Waals surface area contributed by atoms with Gasteiger partial charge in [-0.15, -0.1) is 18.8 Å². The highest BCUT2D eigenvalue weighted by Gasteiger charge is 2.14. The van der Waals surface area contributed by atoms with Gasteiger partial charge in [-0.3, -0.25) is 4.79 Å². The van der Waals surface area contributed by atoms with Crippen molar-refractivity contribution in [3.05, 3.63) is 29.3 Å². The van der Waals surface area contributed by atoms with E-state index < -0.39 is 12.0 Å². The highest BCUT2D eigenvalue weighted by Crippen LogP contribution is 2.19. The Morgan fingerprint density at radius 1 is 1.37 bits per heavy atom. The summed E-state index contributed by atoms with van der Waals surface area (Å²) in [6, 6.07) is 4.30. The van der Waals surface area contributed by atoms with Crippen LogP contribution >= 0.6 is 0 Å². The van der Waals surface area contributed by atoms with Gasteiger partial charge in [0.2, 0.25) is 0 Å². The molecule has 0 aliphatic heterocycles. The first kappa shape index (κ1) is 14.6. The molecule has 3 N–H and O–H groups in total. The van der Waals surface area contributed by atoms with Crippen LogP contribution in [0.4, 0.5) is 0 Å². The average Bonchev–Trinajstić information content (AvgIpc) is 2.39. The normalized spacial score (nSPS) is 11.1. The molecule has 0 fully saturated rings. The number of carboxylic acids is 1. The first-order valence-corrected chi connectivity index (χ1v) is 5.68. The fraction of sp³-hybridized carbons (Fsp3) is 0.267. The third kappa shape index (κ3) is 4.39. The number of nitrogens with two attached hydrogens (primary N) is 1. The average molecular weight is 257 g/mol. The predicted molar refractivity (Wildman–Crippen MR) is 72.6 cm³/mol. The van der Waals surface area contributed by atoms with Crippen LogP contribution < -0.4 is 10.5 Å². The maximum absolute atomic E-state index is 10.8. The Labute approximate surface area is 112 Å². The van der Waals surface area contributed by atoms with Crippen LogP contribution in [0.3, 0.4) is 0 Å². The number of carbonyl (C=O) groups is 1. The molecule has 0 aliphatic rings. The molecule has 0 heterocycles. The number of rotatable bonds is 6. The van der Waals surface area contributed by atoms with Crippen LogP contribution in [0.2, 0.25) is 0 Å². The lowest BCUT2D eigenvalue weighted by atomic mass is 9.98. The second kappa shape index (κ2) is 7.10. The van der Waals surface area contributed by atoms with E-state index in [4.69, 9.17) is 28.4 Å². The van der Waals surface area contributed by atoms with Crippen LogP contribution in [-0.4, -0.2) is 23.7 Å². The molecule has 0 aliphatic carbocycles. The van der Waals surface area contributed by atoms with Crippen molar-refractivity contribution in [2.45, 2.75) is 18.9 Å². The lowest BCUT2D eigenvalue weighted by Crippen LogP contribution is -2.32. The zero-order valence-corrected chi connectivity index (χ0v) is 10.4. The number of benzene rings is 1. The molecule has 1 atom stereocenters. The van der Waals surface area contributed by atoms with Gasteiger partial charge in [-0.1, -0.05) is 12.0 Å². The smallest absolute Gasteiger partial charge is 0.320 e. The molecule has 1 rings (SSSR count). The van der Waals surface area contributed by atoms with E-state index in [-0.39, 0.29) is 13.0 Å². The van der Waals surface area contributed by atoms with Crippen LogP contribution in [0.25, 0.3) is 0 Å². The first-order valence-electron chi connectivity index (χ1n) is 5.68. The van der Waals surface area contributed by atoms with Crippen molar-refractivity contribution in [2.75, 3.05) is 6.61 Å². The minimum Gasteiger partial charge on any atom is -0.481 e.